The van der Waals surface area contributed by atoms with Crippen LogP contribution in [-0.4, -0.2) is 70.7 Å². The zero-order chi connectivity index (χ0) is 21.5. The topological polar surface area (TPSA) is 92.7 Å². The lowest BCUT2D eigenvalue weighted by molar-refractivity contribution is -0.139. The number of likely N-dealkylation sites (tertiary alicyclic amines) is 1. The van der Waals surface area contributed by atoms with Crippen LogP contribution in [0.2, 0.25) is 0 Å². The fourth-order valence-electron chi connectivity index (χ4n) is 5.26. The lowest BCUT2D eigenvalue weighted by atomic mass is 9.78. The van der Waals surface area contributed by atoms with Crippen molar-refractivity contribution in [2.24, 2.45) is 5.92 Å². The Labute approximate surface area is 186 Å². The number of piperidine rings is 1. The fourth-order valence-corrected chi connectivity index (χ4v) is 7.45. The average molecular weight is 465 g/mol. The standard InChI is InChI=1S/C21H28N4O4S2/c26-19(24-9-1-2-10-24)14-16-6-13-29-21(15-16)7-11-25(12-8-21)31(27,28)18-5-3-4-17-20(18)23-30-22-17/h3-5,16H,1-2,6-15H2. The zero-order valence-corrected chi connectivity index (χ0v) is 19.2. The van der Waals surface area contributed by atoms with E-state index in [9.17, 15) is 13.2 Å². The summed E-state index contributed by atoms with van der Waals surface area (Å²) in [6.07, 6.45) is 5.87. The maximum absolute atomic E-state index is 13.3. The minimum atomic E-state index is -3.64. The molecule has 4 heterocycles. The van der Waals surface area contributed by atoms with E-state index in [1.807, 2.05) is 4.90 Å². The number of sulfonamides is 1. The van der Waals surface area contributed by atoms with Crippen LogP contribution in [0.15, 0.2) is 23.1 Å². The molecule has 3 fully saturated rings. The van der Waals surface area contributed by atoms with E-state index < -0.39 is 10.0 Å². The molecule has 0 radical (unpaired) electrons. The van der Waals surface area contributed by atoms with E-state index in [1.165, 1.54) is 0 Å². The van der Waals surface area contributed by atoms with Gasteiger partial charge < -0.3 is 9.64 Å². The van der Waals surface area contributed by atoms with Crippen molar-refractivity contribution >= 4 is 38.7 Å². The van der Waals surface area contributed by atoms with Gasteiger partial charge in [0.2, 0.25) is 15.9 Å². The number of benzene rings is 1. The number of carbonyl (C=O) groups is 1. The molecule has 8 nitrogen and oxygen atoms in total. The molecular weight excluding hydrogens is 436 g/mol. The Balaban J connectivity index is 1.25. The quantitative estimate of drug-likeness (QED) is 0.691. The van der Waals surface area contributed by atoms with Crippen molar-refractivity contribution in [2.45, 2.75) is 55.4 Å². The first-order chi connectivity index (χ1) is 15.0. The van der Waals surface area contributed by atoms with Gasteiger partial charge in [-0.2, -0.15) is 13.1 Å². The Hall–Kier alpha value is -1.62. The van der Waals surface area contributed by atoms with Gasteiger partial charge in [-0.3, -0.25) is 4.79 Å². The highest BCUT2D eigenvalue weighted by Gasteiger charge is 2.43. The highest BCUT2D eigenvalue weighted by atomic mass is 32.2. The van der Waals surface area contributed by atoms with Crippen molar-refractivity contribution in [2.75, 3.05) is 32.8 Å². The molecule has 0 aliphatic carbocycles. The normalized spacial score (nSPS) is 24.8. The Morgan fingerprint density at radius 2 is 1.94 bits per heavy atom. The van der Waals surface area contributed by atoms with E-state index in [1.54, 1.807) is 22.5 Å². The minimum absolute atomic E-state index is 0.230. The van der Waals surface area contributed by atoms with Crippen molar-refractivity contribution in [3.8, 4) is 0 Å². The minimum Gasteiger partial charge on any atom is -0.375 e. The van der Waals surface area contributed by atoms with Crippen molar-refractivity contribution in [3.05, 3.63) is 18.2 Å². The molecule has 1 aromatic carbocycles. The second-order valence-corrected chi connectivity index (χ2v) is 11.4. The second kappa shape index (κ2) is 8.38. The van der Waals surface area contributed by atoms with Gasteiger partial charge in [-0.15, -0.1) is 0 Å². The molecule has 0 N–H and O–H groups in total. The molecule has 3 aliphatic heterocycles. The van der Waals surface area contributed by atoms with Crippen molar-refractivity contribution in [3.63, 3.8) is 0 Å². The average Bonchev–Trinajstić information content (AvgIpc) is 3.46. The van der Waals surface area contributed by atoms with Crippen molar-refractivity contribution in [1.29, 1.82) is 0 Å². The molecule has 1 spiro atoms. The van der Waals surface area contributed by atoms with Gasteiger partial charge in [-0.05, 0) is 56.6 Å². The first kappa shape index (κ1) is 21.2. The van der Waals surface area contributed by atoms with Crippen LogP contribution in [-0.2, 0) is 19.6 Å². The number of amides is 1. The number of aromatic nitrogens is 2. The van der Waals surface area contributed by atoms with Gasteiger partial charge in [-0.25, -0.2) is 8.42 Å². The van der Waals surface area contributed by atoms with Crippen LogP contribution in [0.25, 0.3) is 11.0 Å². The predicted octanol–water partition coefficient (Wildman–Crippen LogP) is 2.65. The molecular formula is C21H28N4O4S2. The van der Waals surface area contributed by atoms with Gasteiger partial charge in [0.1, 0.15) is 15.9 Å². The Bertz CT molecular complexity index is 1060. The zero-order valence-electron chi connectivity index (χ0n) is 17.5. The molecule has 3 aliphatic rings. The predicted molar refractivity (Wildman–Crippen MR) is 117 cm³/mol. The highest BCUT2D eigenvalue weighted by Crippen LogP contribution is 2.40. The Kier molecular flexibility index (Phi) is 5.74. The summed E-state index contributed by atoms with van der Waals surface area (Å²) in [4.78, 5) is 14.8. The summed E-state index contributed by atoms with van der Waals surface area (Å²) in [6, 6.07) is 5.11. The maximum atomic E-state index is 13.3. The van der Waals surface area contributed by atoms with E-state index in [-0.39, 0.29) is 16.4 Å². The SMILES string of the molecule is O=C(CC1CCOC2(CCN(S(=O)(=O)c3cccc4nsnc34)CC2)C1)N1CCCC1. The summed E-state index contributed by atoms with van der Waals surface area (Å²) in [6.45, 7) is 3.27. The molecule has 2 aromatic rings. The third kappa shape index (κ3) is 4.10. The number of carbonyl (C=O) groups excluding carboxylic acids is 1. The highest BCUT2D eigenvalue weighted by molar-refractivity contribution is 7.89. The summed E-state index contributed by atoms with van der Waals surface area (Å²) in [5.41, 5.74) is 0.747. The summed E-state index contributed by atoms with van der Waals surface area (Å²) in [5, 5.41) is 0. The number of hydrogen-bond acceptors (Lipinski definition) is 7. The second-order valence-electron chi connectivity index (χ2n) is 8.97. The largest absolute Gasteiger partial charge is 0.375 e. The third-order valence-corrected chi connectivity index (χ3v) is 9.49. The molecule has 1 amide bonds. The molecule has 1 atom stereocenters. The summed E-state index contributed by atoms with van der Waals surface area (Å²) in [7, 11) is -3.64. The van der Waals surface area contributed by atoms with Crippen LogP contribution < -0.4 is 0 Å². The summed E-state index contributed by atoms with van der Waals surface area (Å²) < 4.78 is 42.7. The van der Waals surface area contributed by atoms with Gasteiger partial charge in [-0.1, -0.05) is 6.07 Å². The third-order valence-electron chi connectivity index (χ3n) is 7.02. The maximum Gasteiger partial charge on any atom is 0.245 e. The van der Waals surface area contributed by atoms with Crippen LogP contribution >= 0.6 is 11.7 Å². The lowest BCUT2D eigenvalue weighted by Crippen LogP contribution is -2.51. The van der Waals surface area contributed by atoms with Crippen molar-refractivity contribution in [1.82, 2.24) is 18.0 Å². The van der Waals surface area contributed by atoms with Gasteiger partial charge >= 0.3 is 0 Å². The molecule has 0 saturated carbocycles. The molecule has 168 valence electrons. The molecule has 5 rings (SSSR count). The molecule has 31 heavy (non-hydrogen) atoms. The van der Waals surface area contributed by atoms with E-state index in [0.29, 0.717) is 55.9 Å². The molecule has 3 saturated heterocycles. The number of ether oxygens (including phenoxy) is 1. The Morgan fingerprint density at radius 1 is 1.16 bits per heavy atom. The summed E-state index contributed by atoms with van der Waals surface area (Å²) in [5.74, 6) is 0.587. The van der Waals surface area contributed by atoms with E-state index in [0.717, 1.165) is 50.5 Å². The molecule has 10 heteroatoms. The lowest BCUT2D eigenvalue weighted by Gasteiger charge is -2.46. The van der Waals surface area contributed by atoms with Crippen molar-refractivity contribution < 1.29 is 17.9 Å². The number of nitrogens with zero attached hydrogens (tertiary/aromatic N) is 4. The fraction of sp³-hybridized carbons (Fsp3) is 0.667. The van der Waals surface area contributed by atoms with Crippen LogP contribution in [0.4, 0.5) is 0 Å². The van der Waals surface area contributed by atoms with E-state index >= 15 is 0 Å². The smallest absolute Gasteiger partial charge is 0.245 e. The summed E-state index contributed by atoms with van der Waals surface area (Å²) >= 11 is 1.03. The van der Waals surface area contributed by atoms with Crippen LogP contribution in [0.1, 0.15) is 44.9 Å². The van der Waals surface area contributed by atoms with Gasteiger partial charge in [0.05, 0.1) is 17.3 Å². The van der Waals surface area contributed by atoms with Gasteiger partial charge in [0, 0.05) is 39.2 Å². The monoisotopic (exact) mass is 464 g/mol. The molecule has 1 aromatic heterocycles. The Morgan fingerprint density at radius 3 is 2.71 bits per heavy atom. The van der Waals surface area contributed by atoms with Crippen LogP contribution in [0, 0.1) is 5.92 Å². The number of hydrogen-bond donors (Lipinski definition) is 0. The van der Waals surface area contributed by atoms with E-state index in [4.69, 9.17) is 4.74 Å². The first-order valence-corrected chi connectivity index (χ1v) is 13.3. The van der Waals surface area contributed by atoms with Crippen LogP contribution in [0.5, 0.6) is 0 Å². The van der Waals surface area contributed by atoms with Gasteiger partial charge in [0.15, 0.2) is 0 Å². The molecule has 0 bridgehead atoms. The van der Waals surface area contributed by atoms with Crippen LogP contribution in [0.3, 0.4) is 0 Å². The number of fused-ring (bicyclic) bond motifs is 1. The van der Waals surface area contributed by atoms with E-state index in [2.05, 4.69) is 8.75 Å². The van der Waals surface area contributed by atoms with Gasteiger partial charge in [0.25, 0.3) is 0 Å². The number of rotatable bonds is 4. The molecule has 1 unspecified atom stereocenters. The first-order valence-electron chi connectivity index (χ1n) is 11.1.